The van der Waals surface area contributed by atoms with Crippen molar-refractivity contribution in [1.29, 1.82) is 0 Å². The molecule has 1 amide bonds. The number of rotatable bonds is 3. The van der Waals surface area contributed by atoms with Gasteiger partial charge in [-0.1, -0.05) is 5.92 Å². The summed E-state index contributed by atoms with van der Waals surface area (Å²) in [6.07, 6.45) is 8.32. The average molecular weight is 249 g/mol. The zero-order chi connectivity index (χ0) is 12.8. The van der Waals surface area contributed by atoms with Crippen LogP contribution in [0, 0.1) is 18.3 Å². The van der Waals surface area contributed by atoms with Gasteiger partial charge in [0.15, 0.2) is 0 Å². The molecule has 0 aromatic rings. The van der Waals surface area contributed by atoms with E-state index in [2.05, 4.69) is 16.1 Å². The summed E-state index contributed by atoms with van der Waals surface area (Å²) in [4.78, 5) is 16.4. The number of nitrogens with zero attached hydrogens (tertiary/aromatic N) is 2. The van der Waals surface area contributed by atoms with Gasteiger partial charge in [0.2, 0.25) is 5.91 Å². The number of carbonyl (C=O) groups is 1. The van der Waals surface area contributed by atoms with Gasteiger partial charge in [-0.05, 0) is 31.8 Å². The smallest absolute Gasteiger partial charge is 0.222 e. The Morgan fingerprint density at radius 1 is 1.22 bits per heavy atom. The molecule has 0 bridgehead atoms. The Bertz CT molecular complexity index is 309. The number of carbonyl (C=O) groups excluding carboxylic acids is 1. The summed E-state index contributed by atoms with van der Waals surface area (Å²) in [5.74, 6) is 3.58. The van der Waals surface area contributed by atoms with Crippen LogP contribution in [0.1, 0.15) is 19.3 Å². The molecule has 4 heteroatoms. The van der Waals surface area contributed by atoms with Crippen molar-refractivity contribution in [2.75, 3.05) is 45.8 Å². The van der Waals surface area contributed by atoms with Crippen molar-refractivity contribution in [3.63, 3.8) is 0 Å². The lowest BCUT2D eigenvalue weighted by molar-refractivity contribution is -0.134. The maximum Gasteiger partial charge on any atom is 0.222 e. The molecule has 2 aliphatic heterocycles. The van der Waals surface area contributed by atoms with E-state index >= 15 is 0 Å². The second-order valence-electron chi connectivity index (χ2n) is 5.26. The van der Waals surface area contributed by atoms with Crippen LogP contribution < -0.4 is 5.32 Å². The van der Waals surface area contributed by atoms with Crippen LogP contribution in [0.3, 0.4) is 0 Å². The van der Waals surface area contributed by atoms with Gasteiger partial charge in [-0.2, -0.15) is 0 Å². The molecule has 0 saturated carbocycles. The first-order valence-electron chi connectivity index (χ1n) is 6.94. The zero-order valence-corrected chi connectivity index (χ0v) is 11.0. The van der Waals surface area contributed by atoms with Crippen LogP contribution >= 0.6 is 0 Å². The van der Waals surface area contributed by atoms with Gasteiger partial charge in [0.25, 0.3) is 0 Å². The van der Waals surface area contributed by atoms with Gasteiger partial charge in [-0.15, -0.1) is 6.42 Å². The highest BCUT2D eigenvalue weighted by molar-refractivity contribution is 5.76. The molecular weight excluding hydrogens is 226 g/mol. The maximum atomic E-state index is 12.2. The first kappa shape index (κ1) is 13.4. The third kappa shape index (κ3) is 3.72. The zero-order valence-electron chi connectivity index (χ0n) is 11.0. The van der Waals surface area contributed by atoms with Gasteiger partial charge in [-0.3, -0.25) is 9.69 Å². The molecule has 0 aromatic carbocycles. The molecule has 18 heavy (non-hydrogen) atoms. The van der Waals surface area contributed by atoms with E-state index in [4.69, 9.17) is 6.42 Å². The van der Waals surface area contributed by atoms with E-state index in [0.29, 0.717) is 18.4 Å². The highest BCUT2D eigenvalue weighted by Gasteiger charge is 2.23. The van der Waals surface area contributed by atoms with Crippen LogP contribution in [-0.4, -0.2) is 61.5 Å². The number of amides is 1. The van der Waals surface area contributed by atoms with Gasteiger partial charge < -0.3 is 10.2 Å². The van der Waals surface area contributed by atoms with Crippen LogP contribution in [0.4, 0.5) is 0 Å². The Kier molecular flexibility index (Phi) is 5.03. The lowest BCUT2D eigenvalue weighted by atomic mass is 9.94. The molecule has 100 valence electrons. The molecule has 4 nitrogen and oxygen atoms in total. The third-order valence-electron chi connectivity index (χ3n) is 3.96. The fourth-order valence-corrected chi connectivity index (χ4v) is 2.75. The normalized spacial score (nSPS) is 22.7. The van der Waals surface area contributed by atoms with Crippen molar-refractivity contribution < 1.29 is 4.79 Å². The molecule has 0 spiro atoms. The van der Waals surface area contributed by atoms with Gasteiger partial charge in [0.1, 0.15) is 0 Å². The van der Waals surface area contributed by atoms with Crippen molar-refractivity contribution in [3.8, 4) is 12.3 Å². The fourth-order valence-electron chi connectivity index (χ4n) is 2.75. The van der Waals surface area contributed by atoms with E-state index in [1.807, 2.05) is 4.90 Å². The predicted octanol–water partition coefficient (Wildman–Crippen LogP) is 0.154. The van der Waals surface area contributed by atoms with Crippen LogP contribution in [-0.2, 0) is 4.79 Å². The van der Waals surface area contributed by atoms with Crippen molar-refractivity contribution in [1.82, 2.24) is 15.1 Å². The number of nitrogens with one attached hydrogen (secondary N) is 1. The molecule has 0 aliphatic carbocycles. The quantitative estimate of drug-likeness (QED) is 0.724. The largest absolute Gasteiger partial charge is 0.340 e. The molecule has 1 N–H and O–H groups in total. The number of piperazine rings is 1. The van der Waals surface area contributed by atoms with Gasteiger partial charge in [0.05, 0.1) is 6.54 Å². The average Bonchev–Trinajstić information content (AvgIpc) is 2.41. The lowest BCUT2D eigenvalue weighted by Gasteiger charge is -2.34. The molecule has 0 atom stereocenters. The molecule has 2 saturated heterocycles. The summed E-state index contributed by atoms with van der Waals surface area (Å²) in [5.41, 5.74) is 0. The minimum Gasteiger partial charge on any atom is -0.340 e. The van der Waals surface area contributed by atoms with E-state index in [1.54, 1.807) is 0 Å². The van der Waals surface area contributed by atoms with E-state index in [0.717, 1.165) is 58.5 Å². The first-order chi connectivity index (χ1) is 8.79. The number of piperidine rings is 1. The number of hydrogen-bond acceptors (Lipinski definition) is 3. The topological polar surface area (TPSA) is 35.6 Å². The molecule has 0 unspecified atom stereocenters. The summed E-state index contributed by atoms with van der Waals surface area (Å²) in [5, 5.41) is 3.34. The van der Waals surface area contributed by atoms with Crippen molar-refractivity contribution in [2.24, 2.45) is 5.92 Å². The summed E-state index contributed by atoms with van der Waals surface area (Å²) in [6.45, 7) is 6.35. The van der Waals surface area contributed by atoms with Crippen molar-refractivity contribution in [3.05, 3.63) is 0 Å². The fraction of sp³-hybridized carbons (Fsp3) is 0.786. The Morgan fingerprint density at radius 3 is 2.50 bits per heavy atom. The first-order valence-corrected chi connectivity index (χ1v) is 6.94. The van der Waals surface area contributed by atoms with Gasteiger partial charge in [-0.25, -0.2) is 0 Å². The minimum absolute atomic E-state index is 0.335. The molecule has 2 aliphatic rings. The van der Waals surface area contributed by atoms with E-state index in [-0.39, 0.29) is 0 Å². The van der Waals surface area contributed by atoms with Crippen LogP contribution in [0.15, 0.2) is 0 Å². The van der Waals surface area contributed by atoms with E-state index in [1.165, 1.54) is 0 Å². The number of terminal acetylenes is 1. The van der Waals surface area contributed by atoms with Gasteiger partial charge in [0, 0.05) is 32.6 Å². The molecule has 2 rings (SSSR count). The second kappa shape index (κ2) is 6.77. The Hall–Kier alpha value is -1.05. The summed E-state index contributed by atoms with van der Waals surface area (Å²) in [6, 6.07) is 0. The predicted molar refractivity (Wildman–Crippen MR) is 72.1 cm³/mol. The summed E-state index contributed by atoms with van der Waals surface area (Å²) in [7, 11) is 0. The Morgan fingerprint density at radius 2 is 1.89 bits per heavy atom. The maximum absolute atomic E-state index is 12.2. The second-order valence-corrected chi connectivity index (χ2v) is 5.26. The highest BCUT2D eigenvalue weighted by Crippen LogP contribution is 2.17. The lowest BCUT2D eigenvalue weighted by Crippen LogP contribution is -2.49. The SMILES string of the molecule is C#CCN1CCN(C(=O)CC2CCNCC2)CC1. The van der Waals surface area contributed by atoms with Crippen LogP contribution in [0.5, 0.6) is 0 Å². The monoisotopic (exact) mass is 249 g/mol. The summed E-state index contributed by atoms with van der Waals surface area (Å²) < 4.78 is 0. The van der Waals surface area contributed by atoms with Crippen molar-refractivity contribution in [2.45, 2.75) is 19.3 Å². The van der Waals surface area contributed by atoms with Crippen LogP contribution in [0.25, 0.3) is 0 Å². The minimum atomic E-state index is 0.335. The third-order valence-corrected chi connectivity index (χ3v) is 3.96. The van der Waals surface area contributed by atoms with Gasteiger partial charge >= 0.3 is 0 Å². The Balaban J connectivity index is 1.72. The highest BCUT2D eigenvalue weighted by atomic mass is 16.2. The standard InChI is InChI=1S/C14H23N3O/c1-2-7-16-8-10-17(11-9-16)14(18)12-13-3-5-15-6-4-13/h1,13,15H,3-12H2. The Labute approximate surface area is 110 Å². The van der Waals surface area contributed by atoms with E-state index in [9.17, 15) is 4.79 Å². The van der Waals surface area contributed by atoms with E-state index < -0.39 is 0 Å². The summed E-state index contributed by atoms with van der Waals surface area (Å²) >= 11 is 0. The molecule has 2 heterocycles. The number of hydrogen-bond donors (Lipinski definition) is 1. The molecule has 2 fully saturated rings. The molecular formula is C14H23N3O. The van der Waals surface area contributed by atoms with Crippen molar-refractivity contribution >= 4 is 5.91 Å². The molecule has 0 aromatic heterocycles. The molecule has 0 radical (unpaired) electrons. The van der Waals surface area contributed by atoms with Crippen LogP contribution in [0.2, 0.25) is 0 Å².